The first kappa shape index (κ1) is 18.0. The molecule has 0 spiro atoms. The molecule has 0 bridgehead atoms. The molecule has 1 fully saturated rings. The maximum absolute atomic E-state index is 12.3. The molecule has 2 rings (SSSR count). The van der Waals surface area contributed by atoms with Crippen LogP contribution >= 0.6 is 15.9 Å². The number of halogens is 1. The summed E-state index contributed by atoms with van der Waals surface area (Å²) in [5.41, 5.74) is -0.469. The largest absolute Gasteiger partial charge is 0.474 e. The van der Waals surface area contributed by atoms with E-state index in [9.17, 15) is 4.79 Å². The standard InChI is InChI=1S/C17H25BrN2O3/c1-5-13-11-14(22-15-10-12(18)6-8-19-15)7-9-20(13)16(21)23-17(2,3)4/h6,8,10,13-14H,5,7,9,11H2,1-4H3/t13-,14-/m0/s1. The zero-order chi connectivity index (χ0) is 17.0. The summed E-state index contributed by atoms with van der Waals surface area (Å²) in [6, 6.07) is 3.87. The van der Waals surface area contributed by atoms with Gasteiger partial charge < -0.3 is 14.4 Å². The molecule has 1 saturated heterocycles. The van der Waals surface area contributed by atoms with Gasteiger partial charge in [-0.2, -0.15) is 0 Å². The van der Waals surface area contributed by atoms with Gasteiger partial charge in [0.1, 0.15) is 11.7 Å². The summed E-state index contributed by atoms with van der Waals surface area (Å²) < 4.78 is 12.4. The van der Waals surface area contributed by atoms with Gasteiger partial charge in [0.2, 0.25) is 5.88 Å². The Morgan fingerprint density at radius 3 is 2.83 bits per heavy atom. The Labute approximate surface area is 146 Å². The third-order valence-corrected chi connectivity index (χ3v) is 4.24. The molecule has 2 heterocycles. The number of carbonyl (C=O) groups is 1. The number of hydrogen-bond acceptors (Lipinski definition) is 4. The predicted molar refractivity (Wildman–Crippen MR) is 92.6 cm³/mol. The second-order valence-electron chi connectivity index (χ2n) is 6.81. The summed E-state index contributed by atoms with van der Waals surface area (Å²) >= 11 is 3.42. The maximum Gasteiger partial charge on any atom is 0.410 e. The van der Waals surface area contributed by atoms with E-state index >= 15 is 0 Å². The lowest BCUT2D eigenvalue weighted by Gasteiger charge is -2.39. The number of carbonyl (C=O) groups excluding carboxylic acids is 1. The highest BCUT2D eigenvalue weighted by Gasteiger charge is 2.34. The maximum atomic E-state index is 12.3. The van der Waals surface area contributed by atoms with Crippen LogP contribution in [0.25, 0.3) is 0 Å². The summed E-state index contributed by atoms with van der Waals surface area (Å²) in [5.74, 6) is 0.616. The molecule has 0 aliphatic carbocycles. The molecule has 1 aliphatic rings. The van der Waals surface area contributed by atoms with Gasteiger partial charge in [-0.25, -0.2) is 9.78 Å². The summed E-state index contributed by atoms with van der Waals surface area (Å²) in [4.78, 5) is 18.4. The van der Waals surface area contributed by atoms with Gasteiger partial charge in [0.25, 0.3) is 0 Å². The van der Waals surface area contributed by atoms with Gasteiger partial charge in [-0.1, -0.05) is 22.9 Å². The van der Waals surface area contributed by atoms with Crippen molar-refractivity contribution in [1.82, 2.24) is 9.88 Å². The number of pyridine rings is 1. The van der Waals surface area contributed by atoms with Gasteiger partial charge in [0, 0.05) is 42.2 Å². The quantitative estimate of drug-likeness (QED) is 0.774. The summed E-state index contributed by atoms with van der Waals surface area (Å²) in [5, 5.41) is 0. The fraction of sp³-hybridized carbons (Fsp3) is 0.647. The lowest BCUT2D eigenvalue weighted by molar-refractivity contribution is -0.00517. The average molecular weight is 385 g/mol. The van der Waals surface area contributed by atoms with E-state index in [4.69, 9.17) is 9.47 Å². The summed E-state index contributed by atoms with van der Waals surface area (Å²) in [6.07, 6.45) is 4.01. The van der Waals surface area contributed by atoms with Crippen molar-refractivity contribution in [1.29, 1.82) is 0 Å². The van der Waals surface area contributed by atoms with Crippen molar-refractivity contribution in [3.8, 4) is 5.88 Å². The van der Waals surface area contributed by atoms with Crippen LogP contribution in [0.4, 0.5) is 4.79 Å². The Morgan fingerprint density at radius 1 is 1.48 bits per heavy atom. The number of piperidine rings is 1. The zero-order valence-corrected chi connectivity index (χ0v) is 15.8. The van der Waals surface area contributed by atoms with Crippen molar-refractivity contribution in [3.05, 3.63) is 22.8 Å². The fourth-order valence-electron chi connectivity index (χ4n) is 2.69. The molecule has 1 amide bonds. The molecule has 6 heteroatoms. The Kier molecular flexibility index (Phi) is 5.89. The Morgan fingerprint density at radius 2 is 2.22 bits per heavy atom. The van der Waals surface area contributed by atoms with Crippen LogP contribution in [-0.4, -0.2) is 40.3 Å². The van der Waals surface area contributed by atoms with Gasteiger partial charge in [0.15, 0.2) is 0 Å². The van der Waals surface area contributed by atoms with Crippen LogP contribution < -0.4 is 4.74 Å². The molecule has 2 atom stereocenters. The van der Waals surface area contributed by atoms with E-state index in [1.807, 2.05) is 37.8 Å². The second kappa shape index (κ2) is 7.51. The topological polar surface area (TPSA) is 51.7 Å². The minimum Gasteiger partial charge on any atom is -0.474 e. The number of amides is 1. The minimum atomic E-state index is -0.469. The number of nitrogens with zero attached hydrogens (tertiary/aromatic N) is 2. The highest BCUT2D eigenvalue weighted by Crippen LogP contribution is 2.26. The van der Waals surface area contributed by atoms with Gasteiger partial charge >= 0.3 is 6.09 Å². The van der Waals surface area contributed by atoms with Gasteiger partial charge in [-0.15, -0.1) is 0 Å². The van der Waals surface area contributed by atoms with Crippen molar-refractivity contribution < 1.29 is 14.3 Å². The summed E-state index contributed by atoms with van der Waals surface area (Å²) in [7, 11) is 0. The van der Waals surface area contributed by atoms with Crippen LogP contribution in [0.2, 0.25) is 0 Å². The van der Waals surface area contributed by atoms with E-state index in [0.717, 1.165) is 23.7 Å². The average Bonchev–Trinajstić information content (AvgIpc) is 2.45. The molecule has 23 heavy (non-hydrogen) atoms. The highest BCUT2D eigenvalue weighted by molar-refractivity contribution is 9.10. The SMILES string of the molecule is CC[C@H]1C[C@@H](Oc2cc(Br)ccn2)CCN1C(=O)OC(C)(C)C. The van der Waals surface area contributed by atoms with Crippen LogP contribution in [0, 0.1) is 0 Å². The second-order valence-corrected chi connectivity index (χ2v) is 7.73. The number of aromatic nitrogens is 1. The fourth-order valence-corrected chi connectivity index (χ4v) is 3.00. The van der Waals surface area contributed by atoms with E-state index in [-0.39, 0.29) is 18.2 Å². The lowest BCUT2D eigenvalue weighted by atomic mass is 9.98. The zero-order valence-electron chi connectivity index (χ0n) is 14.2. The molecule has 0 saturated carbocycles. The van der Waals surface area contributed by atoms with Crippen LogP contribution in [0.15, 0.2) is 22.8 Å². The van der Waals surface area contributed by atoms with Crippen molar-refractivity contribution in [2.75, 3.05) is 6.54 Å². The molecular formula is C17H25BrN2O3. The molecule has 0 N–H and O–H groups in total. The third kappa shape index (κ3) is 5.37. The van der Waals surface area contributed by atoms with E-state index in [2.05, 4.69) is 27.8 Å². The predicted octanol–water partition coefficient (Wildman–Crippen LogP) is 4.40. The molecule has 0 radical (unpaired) electrons. The molecule has 0 unspecified atom stereocenters. The summed E-state index contributed by atoms with van der Waals surface area (Å²) in [6.45, 7) is 8.40. The van der Waals surface area contributed by atoms with Crippen molar-refractivity contribution >= 4 is 22.0 Å². The molecule has 128 valence electrons. The third-order valence-electron chi connectivity index (χ3n) is 3.75. The monoisotopic (exact) mass is 384 g/mol. The number of likely N-dealkylation sites (tertiary alicyclic amines) is 1. The number of rotatable bonds is 3. The molecule has 0 aromatic carbocycles. The first-order valence-electron chi connectivity index (χ1n) is 8.06. The number of hydrogen-bond donors (Lipinski definition) is 0. The van der Waals surface area contributed by atoms with Gasteiger partial charge in [-0.3, -0.25) is 0 Å². The molecule has 1 aliphatic heterocycles. The van der Waals surface area contributed by atoms with Gasteiger partial charge in [-0.05, 0) is 33.3 Å². The van der Waals surface area contributed by atoms with E-state index < -0.39 is 5.60 Å². The van der Waals surface area contributed by atoms with Crippen LogP contribution in [0.5, 0.6) is 5.88 Å². The van der Waals surface area contributed by atoms with E-state index in [1.54, 1.807) is 6.20 Å². The van der Waals surface area contributed by atoms with Crippen LogP contribution in [0.1, 0.15) is 47.0 Å². The Balaban J connectivity index is 1.97. The van der Waals surface area contributed by atoms with Gasteiger partial charge in [0.05, 0.1) is 0 Å². The Hall–Kier alpha value is -1.30. The van der Waals surface area contributed by atoms with Crippen molar-refractivity contribution in [2.45, 2.75) is 64.7 Å². The number of ether oxygens (including phenoxy) is 2. The molecule has 1 aromatic heterocycles. The molecular weight excluding hydrogens is 360 g/mol. The molecule has 1 aromatic rings. The van der Waals surface area contributed by atoms with Crippen molar-refractivity contribution in [3.63, 3.8) is 0 Å². The minimum absolute atomic E-state index is 0.0698. The Bertz CT molecular complexity index is 545. The van der Waals surface area contributed by atoms with Crippen LogP contribution in [0.3, 0.4) is 0 Å². The van der Waals surface area contributed by atoms with Crippen molar-refractivity contribution in [2.24, 2.45) is 0 Å². The van der Waals surface area contributed by atoms with E-state index in [1.165, 1.54) is 0 Å². The first-order chi connectivity index (χ1) is 10.8. The smallest absolute Gasteiger partial charge is 0.410 e. The highest BCUT2D eigenvalue weighted by atomic mass is 79.9. The van der Waals surface area contributed by atoms with Crippen LogP contribution in [-0.2, 0) is 4.74 Å². The van der Waals surface area contributed by atoms with E-state index in [0.29, 0.717) is 12.4 Å². The molecule has 5 nitrogen and oxygen atoms in total. The first-order valence-corrected chi connectivity index (χ1v) is 8.85. The lowest BCUT2D eigenvalue weighted by Crippen LogP contribution is -2.50. The normalized spacial score (nSPS) is 21.9.